The molecular formula is C10H18N2O2. The first-order valence-electron chi connectivity index (χ1n) is 5.38. The number of nitrogens with zero attached hydrogens (tertiary/aromatic N) is 1. The van der Waals surface area contributed by atoms with Gasteiger partial charge in [-0.15, -0.1) is 0 Å². The van der Waals surface area contributed by atoms with Gasteiger partial charge in [0.05, 0.1) is 12.1 Å². The summed E-state index contributed by atoms with van der Waals surface area (Å²) in [5.41, 5.74) is 5.55. The Hall–Kier alpha value is -0.610. The van der Waals surface area contributed by atoms with E-state index in [1.807, 2.05) is 4.90 Å². The van der Waals surface area contributed by atoms with E-state index in [-0.39, 0.29) is 24.1 Å². The molecule has 2 saturated heterocycles. The SMILES string of the molecule is CC(C1CCCCO1)N1CC(N)C1=O. The molecule has 2 fully saturated rings. The van der Waals surface area contributed by atoms with E-state index in [9.17, 15) is 4.79 Å². The van der Waals surface area contributed by atoms with Crippen molar-refractivity contribution in [2.45, 2.75) is 44.4 Å². The van der Waals surface area contributed by atoms with Crippen molar-refractivity contribution < 1.29 is 9.53 Å². The molecule has 0 saturated carbocycles. The Morgan fingerprint density at radius 3 is 2.86 bits per heavy atom. The lowest BCUT2D eigenvalue weighted by Crippen LogP contribution is -2.65. The molecule has 0 spiro atoms. The average Bonchev–Trinajstić information content (AvgIpc) is 2.25. The van der Waals surface area contributed by atoms with E-state index < -0.39 is 0 Å². The highest BCUT2D eigenvalue weighted by Gasteiger charge is 2.39. The Morgan fingerprint density at radius 2 is 2.36 bits per heavy atom. The summed E-state index contributed by atoms with van der Waals surface area (Å²) in [5.74, 6) is 0.0756. The zero-order chi connectivity index (χ0) is 10.1. The number of nitrogens with two attached hydrogens (primary N) is 1. The Morgan fingerprint density at radius 1 is 1.57 bits per heavy atom. The maximum absolute atomic E-state index is 11.4. The van der Waals surface area contributed by atoms with Crippen LogP contribution in [-0.4, -0.2) is 42.1 Å². The lowest BCUT2D eigenvalue weighted by atomic mass is 9.97. The minimum absolute atomic E-state index is 0.0756. The first-order chi connectivity index (χ1) is 6.70. The van der Waals surface area contributed by atoms with Crippen LogP contribution in [0.25, 0.3) is 0 Å². The van der Waals surface area contributed by atoms with Gasteiger partial charge >= 0.3 is 0 Å². The number of hydrogen-bond acceptors (Lipinski definition) is 3. The third-order valence-corrected chi connectivity index (χ3v) is 3.24. The van der Waals surface area contributed by atoms with Crippen molar-refractivity contribution in [3.63, 3.8) is 0 Å². The fourth-order valence-corrected chi connectivity index (χ4v) is 2.19. The van der Waals surface area contributed by atoms with E-state index in [4.69, 9.17) is 10.5 Å². The van der Waals surface area contributed by atoms with Crippen molar-refractivity contribution in [1.29, 1.82) is 0 Å². The van der Waals surface area contributed by atoms with Crippen molar-refractivity contribution in [1.82, 2.24) is 4.90 Å². The predicted molar refractivity (Wildman–Crippen MR) is 52.7 cm³/mol. The summed E-state index contributed by atoms with van der Waals surface area (Å²) in [6.07, 6.45) is 3.65. The quantitative estimate of drug-likeness (QED) is 0.641. The fourth-order valence-electron chi connectivity index (χ4n) is 2.19. The van der Waals surface area contributed by atoms with E-state index in [1.54, 1.807) is 0 Å². The second-order valence-corrected chi connectivity index (χ2v) is 4.24. The van der Waals surface area contributed by atoms with Crippen LogP contribution in [0.1, 0.15) is 26.2 Å². The van der Waals surface area contributed by atoms with Crippen LogP contribution in [-0.2, 0) is 9.53 Å². The van der Waals surface area contributed by atoms with Crippen LogP contribution < -0.4 is 5.73 Å². The molecule has 14 heavy (non-hydrogen) atoms. The third kappa shape index (κ3) is 1.64. The molecule has 3 unspecified atom stereocenters. The smallest absolute Gasteiger partial charge is 0.241 e. The van der Waals surface area contributed by atoms with Crippen molar-refractivity contribution >= 4 is 5.91 Å². The second kappa shape index (κ2) is 3.87. The lowest BCUT2D eigenvalue weighted by Gasteiger charge is -2.44. The normalized spacial score (nSPS) is 35.3. The summed E-state index contributed by atoms with van der Waals surface area (Å²) in [6.45, 7) is 3.59. The molecule has 0 bridgehead atoms. The number of rotatable bonds is 2. The van der Waals surface area contributed by atoms with Gasteiger partial charge < -0.3 is 15.4 Å². The monoisotopic (exact) mass is 198 g/mol. The van der Waals surface area contributed by atoms with Crippen molar-refractivity contribution in [3.8, 4) is 0 Å². The van der Waals surface area contributed by atoms with Gasteiger partial charge in [-0.1, -0.05) is 0 Å². The molecule has 2 rings (SSSR count). The summed E-state index contributed by atoms with van der Waals surface area (Å²) >= 11 is 0. The molecule has 0 aliphatic carbocycles. The molecule has 2 aliphatic heterocycles. The van der Waals surface area contributed by atoms with Gasteiger partial charge in [0.15, 0.2) is 0 Å². The lowest BCUT2D eigenvalue weighted by molar-refractivity contribution is -0.151. The van der Waals surface area contributed by atoms with E-state index >= 15 is 0 Å². The molecule has 3 atom stereocenters. The number of β-lactam (4-membered cyclic amide) rings is 1. The molecule has 0 radical (unpaired) electrons. The van der Waals surface area contributed by atoms with Gasteiger partial charge in [0.1, 0.15) is 6.04 Å². The molecule has 4 heteroatoms. The maximum atomic E-state index is 11.4. The van der Waals surface area contributed by atoms with Gasteiger partial charge in [-0.05, 0) is 26.2 Å². The maximum Gasteiger partial charge on any atom is 0.241 e. The standard InChI is InChI=1S/C10H18N2O2/c1-7(9-4-2-3-5-14-9)12-6-8(11)10(12)13/h7-9H,2-6,11H2,1H3. The van der Waals surface area contributed by atoms with Crippen molar-refractivity contribution in [2.24, 2.45) is 5.73 Å². The van der Waals surface area contributed by atoms with Gasteiger partial charge in [0, 0.05) is 13.2 Å². The predicted octanol–water partition coefficient (Wildman–Crippen LogP) is 0.113. The number of amides is 1. The van der Waals surface area contributed by atoms with E-state index in [2.05, 4.69) is 6.92 Å². The molecule has 2 heterocycles. The molecule has 0 aromatic heterocycles. The topological polar surface area (TPSA) is 55.6 Å². The van der Waals surface area contributed by atoms with Gasteiger partial charge in [0.25, 0.3) is 0 Å². The molecule has 0 aromatic rings. The molecular weight excluding hydrogens is 180 g/mol. The van der Waals surface area contributed by atoms with Crippen molar-refractivity contribution in [3.05, 3.63) is 0 Å². The molecule has 2 aliphatic rings. The summed E-state index contributed by atoms with van der Waals surface area (Å²) < 4.78 is 5.65. The summed E-state index contributed by atoms with van der Waals surface area (Å²) in [4.78, 5) is 13.2. The van der Waals surface area contributed by atoms with Crippen LogP contribution >= 0.6 is 0 Å². The first-order valence-corrected chi connectivity index (χ1v) is 5.38. The average molecular weight is 198 g/mol. The molecule has 2 N–H and O–H groups in total. The van der Waals surface area contributed by atoms with Gasteiger partial charge in [-0.2, -0.15) is 0 Å². The fraction of sp³-hybridized carbons (Fsp3) is 0.900. The van der Waals surface area contributed by atoms with E-state index in [1.165, 1.54) is 6.42 Å². The second-order valence-electron chi connectivity index (χ2n) is 4.24. The zero-order valence-electron chi connectivity index (χ0n) is 8.61. The van der Waals surface area contributed by atoms with Crippen LogP contribution in [0.15, 0.2) is 0 Å². The molecule has 1 amide bonds. The highest BCUT2D eigenvalue weighted by Crippen LogP contribution is 2.23. The van der Waals surface area contributed by atoms with Crippen LogP contribution in [0, 0.1) is 0 Å². The summed E-state index contributed by atoms with van der Waals surface area (Å²) in [6, 6.07) is -0.0661. The highest BCUT2D eigenvalue weighted by molar-refractivity contribution is 5.88. The minimum Gasteiger partial charge on any atom is -0.376 e. The molecule has 4 nitrogen and oxygen atoms in total. The van der Waals surface area contributed by atoms with E-state index in [0.29, 0.717) is 6.54 Å². The van der Waals surface area contributed by atoms with Crippen LogP contribution in [0.4, 0.5) is 0 Å². The number of ether oxygens (including phenoxy) is 1. The Kier molecular flexibility index (Phi) is 2.74. The molecule has 0 aromatic carbocycles. The summed E-state index contributed by atoms with van der Waals surface area (Å²) in [7, 11) is 0. The van der Waals surface area contributed by atoms with Crippen molar-refractivity contribution in [2.75, 3.05) is 13.2 Å². The summed E-state index contributed by atoms with van der Waals surface area (Å²) in [5, 5.41) is 0. The largest absolute Gasteiger partial charge is 0.376 e. The van der Waals surface area contributed by atoms with Crippen LogP contribution in [0.2, 0.25) is 0 Å². The first kappa shape index (κ1) is 9.93. The number of carbonyl (C=O) groups excluding carboxylic acids is 1. The van der Waals surface area contributed by atoms with Gasteiger partial charge in [-0.25, -0.2) is 0 Å². The zero-order valence-corrected chi connectivity index (χ0v) is 8.61. The highest BCUT2D eigenvalue weighted by atomic mass is 16.5. The molecule has 80 valence electrons. The third-order valence-electron chi connectivity index (χ3n) is 3.24. The Bertz CT molecular complexity index is 226. The minimum atomic E-state index is -0.263. The van der Waals surface area contributed by atoms with Crippen LogP contribution in [0.5, 0.6) is 0 Å². The van der Waals surface area contributed by atoms with Gasteiger partial charge in [-0.3, -0.25) is 4.79 Å². The number of carbonyl (C=O) groups is 1. The Balaban J connectivity index is 1.88. The van der Waals surface area contributed by atoms with E-state index in [0.717, 1.165) is 19.4 Å². The van der Waals surface area contributed by atoms with Crippen LogP contribution in [0.3, 0.4) is 0 Å². The van der Waals surface area contributed by atoms with Gasteiger partial charge in [0.2, 0.25) is 5.91 Å². The number of likely N-dealkylation sites (tertiary alicyclic amines) is 1. The number of hydrogen-bond donors (Lipinski definition) is 1. The Labute approximate surface area is 84.4 Å².